The number of carbonyl (C=O) groups is 1. The number of amides is 1. The summed E-state index contributed by atoms with van der Waals surface area (Å²) < 4.78 is 6.39. The molecule has 0 atom stereocenters. The van der Waals surface area contributed by atoms with Crippen LogP contribution in [0.1, 0.15) is 11.1 Å². The maximum absolute atomic E-state index is 12.5. The lowest BCUT2D eigenvalue weighted by molar-refractivity contribution is -0.112. The summed E-state index contributed by atoms with van der Waals surface area (Å²) in [6.07, 6.45) is 1.41. The zero-order valence-corrected chi connectivity index (χ0v) is 20.7. The van der Waals surface area contributed by atoms with E-state index in [0.717, 1.165) is 5.56 Å². The highest BCUT2D eigenvalue weighted by Crippen LogP contribution is 2.36. The Labute approximate surface area is 213 Å². The number of benzene rings is 3. The van der Waals surface area contributed by atoms with Crippen molar-refractivity contribution in [2.75, 3.05) is 5.32 Å². The van der Waals surface area contributed by atoms with Gasteiger partial charge in [-0.3, -0.25) is 4.79 Å². The number of rotatable bonds is 6. The first-order valence-electron chi connectivity index (χ1n) is 9.02. The molecule has 3 rings (SSSR count). The lowest BCUT2D eigenvalue weighted by Crippen LogP contribution is -2.13. The summed E-state index contributed by atoms with van der Waals surface area (Å²) in [7, 11) is 0. The molecule has 32 heavy (non-hydrogen) atoms. The zero-order chi connectivity index (χ0) is 23.3. The third-order valence-electron chi connectivity index (χ3n) is 4.19. The molecule has 162 valence electrons. The van der Waals surface area contributed by atoms with Crippen LogP contribution in [0.4, 0.5) is 5.69 Å². The van der Waals surface area contributed by atoms with Crippen LogP contribution in [0.5, 0.6) is 5.75 Å². The van der Waals surface area contributed by atoms with E-state index in [0.29, 0.717) is 31.5 Å². The molecular formula is C23H13BrCl4N2O2. The van der Waals surface area contributed by atoms with Gasteiger partial charge in [-0.25, -0.2) is 0 Å². The number of anilines is 1. The van der Waals surface area contributed by atoms with Crippen LogP contribution in [0.25, 0.3) is 6.08 Å². The maximum atomic E-state index is 12.5. The first-order valence-corrected chi connectivity index (χ1v) is 11.3. The van der Waals surface area contributed by atoms with Crippen LogP contribution in [0.2, 0.25) is 20.1 Å². The van der Waals surface area contributed by atoms with E-state index in [1.54, 1.807) is 42.5 Å². The van der Waals surface area contributed by atoms with Crippen molar-refractivity contribution in [1.29, 1.82) is 5.26 Å². The highest BCUT2D eigenvalue weighted by molar-refractivity contribution is 9.10. The summed E-state index contributed by atoms with van der Waals surface area (Å²) in [5.41, 5.74) is 1.61. The molecule has 0 radical (unpaired) electrons. The van der Waals surface area contributed by atoms with Crippen molar-refractivity contribution in [1.82, 2.24) is 0 Å². The maximum Gasteiger partial charge on any atom is 0.266 e. The van der Waals surface area contributed by atoms with Gasteiger partial charge in [0.2, 0.25) is 0 Å². The number of halogens is 5. The van der Waals surface area contributed by atoms with Gasteiger partial charge in [0.05, 0.1) is 25.2 Å². The van der Waals surface area contributed by atoms with Gasteiger partial charge in [-0.05, 0) is 69.5 Å². The number of ether oxygens (including phenoxy) is 1. The van der Waals surface area contributed by atoms with Crippen LogP contribution < -0.4 is 10.1 Å². The number of nitriles is 1. The molecular weight excluding hydrogens is 558 g/mol. The van der Waals surface area contributed by atoms with Crippen LogP contribution in [0, 0.1) is 11.3 Å². The Hall–Kier alpha value is -2.20. The largest absolute Gasteiger partial charge is 0.486 e. The number of hydrogen-bond acceptors (Lipinski definition) is 3. The summed E-state index contributed by atoms with van der Waals surface area (Å²) in [6, 6.07) is 17.2. The van der Waals surface area contributed by atoms with Crippen molar-refractivity contribution in [2.24, 2.45) is 0 Å². The second-order valence-corrected chi connectivity index (χ2v) is 8.94. The monoisotopic (exact) mass is 568 g/mol. The van der Waals surface area contributed by atoms with Crippen LogP contribution in [-0.4, -0.2) is 5.91 Å². The predicted octanol–water partition coefficient (Wildman–Crippen LogP) is 8.19. The molecule has 1 N–H and O–H groups in total. The van der Waals surface area contributed by atoms with Gasteiger partial charge in [0.15, 0.2) is 5.75 Å². The Balaban J connectivity index is 1.78. The van der Waals surface area contributed by atoms with Gasteiger partial charge >= 0.3 is 0 Å². The van der Waals surface area contributed by atoms with E-state index in [1.165, 1.54) is 6.08 Å². The Kier molecular flexibility index (Phi) is 8.47. The summed E-state index contributed by atoms with van der Waals surface area (Å²) in [5.74, 6) is -0.195. The molecule has 0 unspecified atom stereocenters. The first kappa shape index (κ1) is 24.4. The Morgan fingerprint density at radius 1 is 1.06 bits per heavy atom. The van der Waals surface area contributed by atoms with Crippen molar-refractivity contribution in [3.63, 3.8) is 0 Å². The van der Waals surface area contributed by atoms with Gasteiger partial charge in [-0.15, -0.1) is 0 Å². The summed E-state index contributed by atoms with van der Waals surface area (Å²) in [4.78, 5) is 12.5. The number of nitrogens with one attached hydrogen (secondary N) is 1. The fourth-order valence-electron chi connectivity index (χ4n) is 2.64. The van der Waals surface area contributed by atoms with Crippen molar-refractivity contribution in [2.45, 2.75) is 6.61 Å². The van der Waals surface area contributed by atoms with E-state index < -0.39 is 5.91 Å². The quantitative estimate of drug-likeness (QED) is 0.240. The van der Waals surface area contributed by atoms with Crippen LogP contribution in [0.3, 0.4) is 0 Å². The van der Waals surface area contributed by atoms with Crippen molar-refractivity contribution < 1.29 is 9.53 Å². The van der Waals surface area contributed by atoms with Crippen LogP contribution in [0.15, 0.2) is 64.6 Å². The Bertz CT molecular complexity index is 1210. The standard InChI is InChI=1S/C23H13BrCl4N2O2/c24-17-9-14(10-19(27)22(17)32-12-13-4-6-16(25)7-5-13)8-15(11-29)23(31)30-20-3-1-2-18(26)21(20)28/h1-10H,12H2,(H,30,31)/b15-8-. The molecule has 0 aliphatic heterocycles. The van der Waals surface area contributed by atoms with Crippen molar-refractivity contribution in [3.8, 4) is 11.8 Å². The van der Waals surface area contributed by atoms with Gasteiger partial charge in [0.25, 0.3) is 5.91 Å². The molecule has 0 aliphatic rings. The van der Waals surface area contributed by atoms with E-state index in [1.807, 2.05) is 18.2 Å². The summed E-state index contributed by atoms with van der Waals surface area (Å²) >= 11 is 27.8. The smallest absolute Gasteiger partial charge is 0.266 e. The van der Waals surface area contributed by atoms with Gasteiger partial charge < -0.3 is 10.1 Å². The van der Waals surface area contributed by atoms with Gasteiger partial charge in [0, 0.05) is 5.02 Å². The Morgan fingerprint density at radius 2 is 1.78 bits per heavy atom. The lowest BCUT2D eigenvalue weighted by atomic mass is 10.1. The molecule has 0 bridgehead atoms. The third kappa shape index (κ3) is 6.19. The molecule has 0 fully saturated rings. The number of carbonyl (C=O) groups excluding carboxylic acids is 1. The number of nitrogens with zero attached hydrogens (tertiary/aromatic N) is 1. The van der Waals surface area contributed by atoms with E-state index in [2.05, 4.69) is 21.2 Å². The minimum Gasteiger partial charge on any atom is -0.486 e. The molecule has 4 nitrogen and oxygen atoms in total. The molecule has 3 aromatic carbocycles. The molecule has 0 heterocycles. The van der Waals surface area contributed by atoms with Gasteiger partial charge in [0.1, 0.15) is 18.2 Å². The lowest BCUT2D eigenvalue weighted by Gasteiger charge is -2.12. The average molecular weight is 571 g/mol. The normalized spacial score (nSPS) is 11.1. The molecule has 0 aromatic heterocycles. The highest BCUT2D eigenvalue weighted by atomic mass is 79.9. The van der Waals surface area contributed by atoms with Gasteiger partial charge in [-0.2, -0.15) is 5.26 Å². The van der Waals surface area contributed by atoms with Crippen LogP contribution >= 0.6 is 62.3 Å². The third-order valence-corrected chi connectivity index (χ3v) is 6.13. The molecule has 0 saturated heterocycles. The highest BCUT2D eigenvalue weighted by Gasteiger charge is 2.15. The molecule has 0 aliphatic carbocycles. The molecule has 3 aromatic rings. The average Bonchev–Trinajstić information content (AvgIpc) is 2.76. The molecule has 0 spiro atoms. The van der Waals surface area contributed by atoms with Crippen molar-refractivity contribution >= 4 is 80.0 Å². The SMILES string of the molecule is N#C/C(=C/c1cc(Cl)c(OCc2ccc(Cl)cc2)c(Br)c1)C(=O)Nc1cccc(Cl)c1Cl. The van der Waals surface area contributed by atoms with E-state index >= 15 is 0 Å². The summed E-state index contributed by atoms with van der Waals surface area (Å²) in [5, 5.41) is 13.5. The van der Waals surface area contributed by atoms with Crippen LogP contribution in [-0.2, 0) is 11.4 Å². The minimum atomic E-state index is -0.632. The Morgan fingerprint density at radius 3 is 2.44 bits per heavy atom. The second kappa shape index (κ2) is 11.1. The van der Waals surface area contributed by atoms with E-state index in [-0.39, 0.29) is 22.2 Å². The fraction of sp³-hybridized carbons (Fsp3) is 0.0435. The summed E-state index contributed by atoms with van der Waals surface area (Å²) in [6.45, 7) is 0.289. The van der Waals surface area contributed by atoms with E-state index in [9.17, 15) is 10.1 Å². The van der Waals surface area contributed by atoms with E-state index in [4.69, 9.17) is 51.1 Å². The molecule has 9 heteroatoms. The number of hydrogen-bond donors (Lipinski definition) is 1. The molecule has 1 amide bonds. The predicted molar refractivity (Wildman–Crippen MR) is 134 cm³/mol. The molecule has 0 saturated carbocycles. The van der Waals surface area contributed by atoms with Crippen molar-refractivity contribution in [3.05, 3.63) is 95.9 Å². The van der Waals surface area contributed by atoms with Gasteiger partial charge in [-0.1, -0.05) is 64.6 Å². The first-order chi connectivity index (χ1) is 15.3. The second-order valence-electron chi connectivity index (χ2n) is 6.45. The topological polar surface area (TPSA) is 62.1 Å². The minimum absolute atomic E-state index is 0.140. The zero-order valence-electron chi connectivity index (χ0n) is 16.1. The fourth-order valence-corrected chi connectivity index (χ4v) is 4.10.